The highest BCUT2D eigenvalue weighted by Gasteiger charge is 2.10. The van der Waals surface area contributed by atoms with Gasteiger partial charge in [0.05, 0.1) is 24.7 Å². The number of amides is 1. The number of carbonyl (C=O) groups excluding carboxylic acids is 1. The summed E-state index contributed by atoms with van der Waals surface area (Å²) in [4.78, 5) is 20.1. The fourth-order valence-corrected chi connectivity index (χ4v) is 1.56. The largest absolute Gasteiger partial charge is 0.495 e. The van der Waals surface area contributed by atoms with Crippen LogP contribution in [0.15, 0.2) is 30.6 Å². The molecule has 0 aliphatic carbocycles. The molecule has 0 saturated carbocycles. The van der Waals surface area contributed by atoms with Crippen LogP contribution in [0.5, 0.6) is 5.75 Å². The Morgan fingerprint density at radius 2 is 2.16 bits per heavy atom. The van der Waals surface area contributed by atoms with Crippen molar-refractivity contribution >= 4 is 17.4 Å². The Hall–Kier alpha value is -2.63. The van der Waals surface area contributed by atoms with E-state index in [1.54, 1.807) is 31.3 Å². The van der Waals surface area contributed by atoms with Crippen LogP contribution >= 0.6 is 0 Å². The van der Waals surface area contributed by atoms with Crippen LogP contribution in [0.25, 0.3) is 0 Å². The first-order chi connectivity index (χ1) is 9.10. The second-order valence-electron chi connectivity index (χ2n) is 3.96. The highest BCUT2D eigenvalue weighted by molar-refractivity contribution is 6.04. The Labute approximate surface area is 110 Å². The van der Waals surface area contributed by atoms with Gasteiger partial charge in [-0.05, 0) is 25.1 Å². The highest BCUT2D eigenvalue weighted by atomic mass is 16.5. The first-order valence-electron chi connectivity index (χ1n) is 5.63. The number of nitrogen functional groups attached to an aromatic ring is 1. The number of carbonyl (C=O) groups is 1. The number of benzene rings is 1. The van der Waals surface area contributed by atoms with E-state index in [4.69, 9.17) is 10.5 Å². The van der Waals surface area contributed by atoms with Crippen molar-refractivity contribution < 1.29 is 9.53 Å². The number of hydrogen-bond acceptors (Lipinski definition) is 5. The highest BCUT2D eigenvalue weighted by Crippen LogP contribution is 2.22. The molecular weight excluding hydrogens is 244 g/mol. The number of nitrogens with one attached hydrogen (secondary N) is 1. The van der Waals surface area contributed by atoms with E-state index in [0.29, 0.717) is 22.8 Å². The first-order valence-corrected chi connectivity index (χ1v) is 5.63. The van der Waals surface area contributed by atoms with Crippen molar-refractivity contribution in [3.8, 4) is 5.75 Å². The van der Waals surface area contributed by atoms with Gasteiger partial charge in [0.1, 0.15) is 5.75 Å². The standard InChI is InChI=1S/C13H14N4O2/c1-8-6-15-7-12(16-8)17-13(18)9-3-4-10(14)11(5-9)19-2/h3-7H,14H2,1-2H3,(H,16,17,18). The number of aromatic nitrogens is 2. The average Bonchev–Trinajstić information content (AvgIpc) is 2.39. The molecule has 1 aromatic carbocycles. The van der Waals surface area contributed by atoms with Crippen LogP contribution in [0.3, 0.4) is 0 Å². The van der Waals surface area contributed by atoms with Crippen molar-refractivity contribution in [2.45, 2.75) is 6.92 Å². The van der Waals surface area contributed by atoms with E-state index in [9.17, 15) is 4.79 Å². The zero-order valence-corrected chi connectivity index (χ0v) is 10.7. The maximum atomic E-state index is 12.0. The molecule has 6 nitrogen and oxygen atoms in total. The van der Waals surface area contributed by atoms with Crippen LogP contribution in [0.1, 0.15) is 16.1 Å². The third-order valence-corrected chi connectivity index (χ3v) is 2.49. The number of rotatable bonds is 3. The molecule has 6 heteroatoms. The van der Waals surface area contributed by atoms with Gasteiger partial charge in [-0.1, -0.05) is 0 Å². The van der Waals surface area contributed by atoms with Gasteiger partial charge < -0.3 is 15.8 Å². The van der Waals surface area contributed by atoms with Crippen molar-refractivity contribution in [2.75, 3.05) is 18.2 Å². The minimum absolute atomic E-state index is 0.293. The second kappa shape index (κ2) is 5.34. The lowest BCUT2D eigenvalue weighted by Crippen LogP contribution is -2.13. The van der Waals surface area contributed by atoms with E-state index in [0.717, 1.165) is 5.69 Å². The lowest BCUT2D eigenvalue weighted by Gasteiger charge is -2.08. The fraction of sp³-hybridized carbons (Fsp3) is 0.154. The van der Waals surface area contributed by atoms with Crippen molar-refractivity contribution in [3.05, 3.63) is 41.9 Å². The van der Waals surface area contributed by atoms with Crippen molar-refractivity contribution in [3.63, 3.8) is 0 Å². The van der Waals surface area contributed by atoms with Crippen molar-refractivity contribution in [1.29, 1.82) is 0 Å². The predicted octanol–water partition coefficient (Wildman–Crippen LogP) is 1.63. The molecule has 0 atom stereocenters. The monoisotopic (exact) mass is 258 g/mol. The Bertz CT molecular complexity index is 613. The lowest BCUT2D eigenvalue weighted by atomic mass is 10.2. The van der Waals surface area contributed by atoms with Gasteiger partial charge in [-0.25, -0.2) is 4.98 Å². The molecule has 19 heavy (non-hydrogen) atoms. The lowest BCUT2D eigenvalue weighted by molar-refractivity contribution is 0.102. The molecule has 0 aliphatic heterocycles. The molecule has 0 saturated heterocycles. The summed E-state index contributed by atoms with van der Waals surface area (Å²) in [7, 11) is 1.50. The molecule has 0 unspecified atom stereocenters. The van der Waals surface area contributed by atoms with Crippen molar-refractivity contribution in [1.82, 2.24) is 9.97 Å². The average molecular weight is 258 g/mol. The van der Waals surface area contributed by atoms with Gasteiger partial charge in [0.2, 0.25) is 0 Å². The molecule has 3 N–H and O–H groups in total. The van der Waals surface area contributed by atoms with Crippen molar-refractivity contribution in [2.24, 2.45) is 0 Å². The number of aryl methyl sites for hydroxylation is 1. The third kappa shape index (κ3) is 2.98. The fourth-order valence-electron chi connectivity index (χ4n) is 1.56. The van der Waals surface area contributed by atoms with E-state index in [1.807, 2.05) is 0 Å². The number of methoxy groups -OCH3 is 1. The number of hydrogen-bond donors (Lipinski definition) is 2. The molecule has 0 spiro atoms. The molecule has 0 bridgehead atoms. The molecule has 0 fully saturated rings. The molecule has 2 aromatic rings. The normalized spacial score (nSPS) is 10.0. The summed E-state index contributed by atoms with van der Waals surface area (Å²) in [6.45, 7) is 1.80. The van der Waals surface area contributed by atoms with Gasteiger partial charge in [0, 0.05) is 11.8 Å². The van der Waals surface area contributed by atoms with Crippen LogP contribution < -0.4 is 15.8 Å². The predicted molar refractivity (Wildman–Crippen MR) is 72.1 cm³/mol. The summed E-state index contributed by atoms with van der Waals surface area (Å²) >= 11 is 0. The van der Waals surface area contributed by atoms with Gasteiger partial charge in [-0.2, -0.15) is 0 Å². The zero-order chi connectivity index (χ0) is 13.8. The van der Waals surface area contributed by atoms with E-state index >= 15 is 0 Å². The Balaban J connectivity index is 2.20. The quantitative estimate of drug-likeness (QED) is 0.816. The molecule has 98 valence electrons. The van der Waals surface area contributed by atoms with Gasteiger partial charge >= 0.3 is 0 Å². The summed E-state index contributed by atoms with van der Waals surface area (Å²) < 4.78 is 5.07. The van der Waals surface area contributed by atoms with Gasteiger partial charge in [-0.3, -0.25) is 9.78 Å². The van der Waals surface area contributed by atoms with Crippen LogP contribution in [-0.4, -0.2) is 23.0 Å². The summed E-state index contributed by atoms with van der Waals surface area (Å²) in [6.07, 6.45) is 3.10. The van der Waals surface area contributed by atoms with E-state index in [1.165, 1.54) is 13.3 Å². The third-order valence-electron chi connectivity index (χ3n) is 2.49. The topological polar surface area (TPSA) is 90.1 Å². The van der Waals surface area contributed by atoms with E-state index in [2.05, 4.69) is 15.3 Å². The number of nitrogens with zero attached hydrogens (tertiary/aromatic N) is 2. The number of ether oxygens (including phenoxy) is 1. The van der Waals surface area contributed by atoms with Crippen LogP contribution in [0.4, 0.5) is 11.5 Å². The van der Waals surface area contributed by atoms with Crippen LogP contribution in [-0.2, 0) is 0 Å². The minimum Gasteiger partial charge on any atom is -0.495 e. The molecule has 1 aromatic heterocycles. The van der Waals surface area contributed by atoms with Gasteiger partial charge in [-0.15, -0.1) is 0 Å². The second-order valence-corrected chi connectivity index (χ2v) is 3.96. The molecule has 0 radical (unpaired) electrons. The Morgan fingerprint density at radius 3 is 2.84 bits per heavy atom. The smallest absolute Gasteiger partial charge is 0.256 e. The zero-order valence-electron chi connectivity index (χ0n) is 10.7. The minimum atomic E-state index is -0.293. The van der Waals surface area contributed by atoms with Crippen LogP contribution in [0.2, 0.25) is 0 Å². The van der Waals surface area contributed by atoms with Gasteiger partial charge in [0.25, 0.3) is 5.91 Å². The van der Waals surface area contributed by atoms with Crippen LogP contribution in [0, 0.1) is 6.92 Å². The summed E-state index contributed by atoms with van der Waals surface area (Å²) in [6, 6.07) is 4.82. The Kier molecular flexibility index (Phi) is 3.61. The van der Waals surface area contributed by atoms with Gasteiger partial charge in [0.15, 0.2) is 5.82 Å². The molecular formula is C13H14N4O2. The summed E-state index contributed by atoms with van der Waals surface area (Å²) in [5.41, 5.74) is 7.34. The van der Waals surface area contributed by atoms with E-state index < -0.39 is 0 Å². The first kappa shape index (κ1) is 12.8. The summed E-state index contributed by atoms with van der Waals surface area (Å²) in [5.74, 6) is 0.571. The maximum Gasteiger partial charge on any atom is 0.256 e. The maximum absolute atomic E-state index is 12.0. The van der Waals surface area contributed by atoms with E-state index in [-0.39, 0.29) is 5.91 Å². The Morgan fingerprint density at radius 1 is 1.37 bits per heavy atom. The molecule has 0 aliphatic rings. The SMILES string of the molecule is COc1cc(C(=O)Nc2cncc(C)n2)ccc1N. The molecule has 1 heterocycles. The molecule has 2 rings (SSSR count). The molecule has 1 amide bonds. The number of anilines is 2. The summed E-state index contributed by atoms with van der Waals surface area (Å²) in [5, 5.41) is 2.66. The number of nitrogens with two attached hydrogens (primary N) is 1.